The van der Waals surface area contributed by atoms with Gasteiger partial charge in [0, 0.05) is 6.04 Å². The van der Waals surface area contributed by atoms with E-state index in [-0.39, 0.29) is 0 Å². The summed E-state index contributed by atoms with van der Waals surface area (Å²) in [5.74, 6) is 5.57. The number of nitrogens with one attached hydrogen (secondary N) is 1. The van der Waals surface area contributed by atoms with Crippen LogP contribution >= 0.6 is 0 Å². The lowest BCUT2D eigenvalue weighted by molar-refractivity contribution is 0.453. The maximum absolute atomic E-state index is 5.57. The van der Waals surface area contributed by atoms with Gasteiger partial charge in [-0.25, -0.2) is 0 Å². The highest BCUT2D eigenvalue weighted by molar-refractivity contribution is 5.21. The van der Waals surface area contributed by atoms with Gasteiger partial charge in [-0.2, -0.15) is 0 Å². The van der Waals surface area contributed by atoms with Gasteiger partial charge in [0.1, 0.15) is 0 Å². The number of hydrogen-bond donors (Lipinski definition) is 2. The SMILES string of the molecule is C=CCCCC(CCc1ccc(C)cc1)NN. The average molecular weight is 232 g/mol. The summed E-state index contributed by atoms with van der Waals surface area (Å²) in [4.78, 5) is 0. The monoisotopic (exact) mass is 232 g/mol. The normalized spacial score (nSPS) is 12.4. The predicted octanol–water partition coefficient (Wildman–Crippen LogP) is 3.12. The minimum atomic E-state index is 0.413. The first-order valence-electron chi connectivity index (χ1n) is 6.39. The molecule has 0 amide bonds. The highest BCUT2D eigenvalue weighted by Crippen LogP contribution is 2.10. The van der Waals surface area contributed by atoms with Gasteiger partial charge in [0.25, 0.3) is 0 Å². The van der Waals surface area contributed by atoms with Crippen molar-refractivity contribution < 1.29 is 0 Å². The van der Waals surface area contributed by atoms with E-state index in [1.54, 1.807) is 0 Å². The van der Waals surface area contributed by atoms with Crippen molar-refractivity contribution in [2.45, 2.75) is 45.1 Å². The van der Waals surface area contributed by atoms with Crippen LogP contribution in [0.4, 0.5) is 0 Å². The zero-order chi connectivity index (χ0) is 12.5. The van der Waals surface area contributed by atoms with Gasteiger partial charge in [0.05, 0.1) is 0 Å². The summed E-state index contributed by atoms with van der Waals surface area (Å²) in [6.07, 6.45) is 7.50. The number of nitrogens with two attached hydrogens (primary N) is 1. The molecule has 3 N–H and O–H groups in total. The number of allylic oxidation sites excluding steroid dienone is 1. The Balaban J connectivity index is 2.31. The van der Waals surface area contributed by atoms with Gasteiger partial charge in [-0.05, 0) is 44.6 Å². The molecular formula is C15H24N2. The Morgan fingerprint density at radius 1 is 1.29 bits per heavy atom. The Bertz CT molecular complexity index is 316. The van der Waals surface area contributed by atoms with E-state index in [9.17, 15) is 0 Å². The van der Waals surface area contributed by atoms with Crippen molar-refractivity contribution in [3.63, 3.8) is 0 Å². The van der Waals surface area contributed by atoms with Crippen molar-refractivity contribution >= 4 is 0 Å². The number of unbranched alkanes of at least 4 members (excludes halogenated alkanes) is 1. The molecule has 94 valence electrons. The summed E-state index contributed by atoms with van der Waals surface area (Å²) in [5, 5.41) is 0. The van der Waals surface area contributed by atoms with Gasteiger partial charge < -0.3 is 0 Å². The molecule has 0 aliphatic carbocycles. The van der Waals surface area contributed by atoms with E-state index in [2.05, 4.69) is 43.2 Å². The number of hydrogen-bond acceptors (Lipinski definition) is 2. The van der Waals surface area contributed by atoms with Crippen molar-refractivity contribution in [3.05, 3.63) is 48.0 Å². The average Bonchev–Trinajstić information content (AvgIpc) is 2.35. The summed E-state index contributed by atoms with van der Waals surface area (Å²) in [5.41, 5.74) is 5.61. The van der Waals surface area contributed by atoms with Crippen LogP contribution in [-0.2, 0) is 6.42 Å². The van der Waals surface area contributed by atoms with E-state index < -0.39 is 0 Å². The first-order chi connectivity index (χ1) is 8.26. The fourth-order valence-electron chi connectivity index (χ4n) is 1.92. The van der Waals surface area contributed by atoms with Gasteiger partial charge in [-0.3, -0.25) is 11.3 Å². The third-order valence-electron chi connectivity index (χ3n) is 3.10. The Kier molecular flexibility index (Phi) is 6.60. The maximum atomic E-state index is 5.57. The second-order valence-corrected chi connectivity index (χ2v) is 4.61. The van der Waals surface area contributed by atoms with E-state index in [1.807, 2.05) is 6.08 Å². The molecule has 1 rings (SSSR count). The zero-order valence-electron chi connectivity index (χ0n) is 10.8. The first-order valence-corrected chi connectivity index (χ1v) is 6.39. The van der Waals surface area contributed by atoms with Crippen molar-refractivity contribution in [1.29, 1.82) is 0 Å². The van der Waals surface area contributed by atoms with E-state index >= 15 is 0 Å². The van der Waals surface area contributed by atoms with Gasteiger partial charge in [0.2, 0.25) is 0 Å². The van der Waals surface area contributed by atoms with Crippen molar-refractivity contribution in [1.82, 2.24) is 5.43 Å². The zero-order valence-corrected chi connectivity index (χ0v) is 10.8. The van der Waals surface area contributed by atoms with Crippen LogP contribution < -0.4 is 11.3 Å². The number of hydrazine groups is 1. The third kappa shape index (κ3) is 5.66. The number of rotatable bonds is 8. The molecule has 2 nitrogen and oxygen atoms in total. The lowest BCUT2D eigenvalue weighted by Crippen LogP contribution is -2.35. The van der Waals surface area contributed by atoms with Gasteiger partial charge in [-0.15, -0.1) is 6.58 Å². The van der Waals surface area contributed by atoms with Crippen LogP contribution in [0.25, 0.3) is 0 Å². The maximum Gasteiger partial charge on any atom is 0.0213 e. The van der Waals surface area contributed by atoms with E-state index in [0.717, 1.165) is 32.1 Å². The van der Waals surface area contributed by atoms with Crippen LogP contribution in [0, 0.1) is 6.92 Å². The van der Waals surface area contributed by atoms with Crippen LogP contribution in [0.2, 0.25) is 0 Å². The molecule has 0 aliphatic rings. The van der Waals surface area contributed by atoms with Gasteiger partial charge in [-0.1, -0.05) is 35.9 Å². The summed E-state index contributed by atoms with van der Waals surface area (Å²) < 4.78 is 0. The first kappa shape index (κ1) is 13.9. The molecule has 17 heavy (non-hydrogen) atoms. The highest BCUT2D eigenvalue weighted by atomic mass is 15.2. The lowest BCUT2D eigenvalue weighted by atomic mass is 10.0. The van der Waals surface area contributed by atoms with Gasteiger partial charge in [0.15, 0.2) is 0 Å². The number of benzene rings is 1. The van der Waals surface area contributed by atoms with Crippen molar-refractivity contribution in [3.8, 4) is 0 Å². The predicted molar refractivity (Wildman–Crippen MR) is 74.7 cm³/mol. The molecule has 0 fully saturated rings. The molecule has 2 heteroatoms. The quantitative estimate of drug-likeness (QED) is 0.313. The largest absolute Gasteiger partial charge is 0.271 e. The van der Waals surface area contributed by atoms with Crippen LogP contribution in [-0.4, -0.2) is 6.04 Å². The van der Waals surface area contributed by atoms with Crippen LogP contribution in [0.15, 0.2) is 36.9 Å². The lowest BCUT2D eigenvalue weighted by Gasteiger charge is -2.15. The molecule has 0 radical (unpaired) electrons. The molecule has 1 atom stereocenters. The minimum absolute atomic E-state index is 0.413. The Hall–Kier alpha value is -1.12. The van der Waals surface area contributed by atoms with Crippen molar-refractivity contribution in [2.24, 2.45) is 5.84 Å². The molecule has 0 aromatic heterocycles. The molecule has 1 unspecified atom stereocenters. The summed E-state index contributed by atoms with van der Waals surface area (Å²) in [7, 11) is 0. The fourth-order valence-corrected chi connectivity index (χ4v) is 1.92. The van der Waals surface area contributed by atoms with E-state index in [4.69, 9.17) is 5.84 Å². The van der Waals surface area contributed by atoms with Crippen LogP contribution in [0.3, 0.4) is 0 Å². The fraction of sp³-hybridized carbons (Fsp3) is 0.467. The summed E-state index contributed by atoms with van der Waals surface area (Å²) >= 11 is 0. The standard InChI is InChI=1S/C15H24N2/c1-3-4-5-6-15(17-16)12-11-14-9-7-13(2)8-10-14/h3,7-10,15,17H,1,4-6,11-12,16H2,2H3. The molecule has 0 saturated heterocycles. The second-order valence-electron chi connectivity index (χ2n) is 4.61. The van der Waals surface area contributed by atoms with Crippen LogP contribution in [0.1, 0.15) is 36.8 Å². The Morgan fingerprint density at radius 3 is 2.59 bits per heavy atom. The highest BCUT2D eigenvalue weighted by Gasteiger charge is 2.05. The molecule has 0 bridgehead atoms. The van der Waals surface area contributed by atoms with Crippen LogP contribution in [0.5, 0.6) is 0 Å². The Labute approximate surface area is 105 Å². The minimum Gasteiger partial charge on any atom is -0.271 e. The smallest absolute Gasteiger partial charge is 0.0213 e. The van der Waals surface area contributed by atoms with Gasteiger partial charge >= 0.3 is 0 Å². The molecule has 0 saturated carbocycles. The summed E-state index contributed by atoms with van der Waals surface area (Å²) in [6, 6.07) is 9.14. The molecule has 0 heterocycles. The molecular weight excluding hydrogens is 208 g/mol. The third-order valence-corrected chi connectivity index (χ3v) is 3.10. The molecule has 1 aromatic rings. The molecule has 0 spiro atoms. The number of aryl methyl sites for hydroxylation is 2. The van der Waals surface area contributed by atoms with E-state index in [1.165, 1.54) is 11.1 Å². The Morgan fingerprint density at radius 2 is 2.00 bits per heavy atom. The topological polar surface area (TPSA) is 38.0 Å². The van der Waals surface area contributed by atoms with Crippen molar-refractivity contribution in [2.75, 3.05) is 0 Å². The molecule has 1 aromatic carbocycles. The van der Waals surface area contributed by atoms with E-state index in [0.29, 0.717) is 6.04 Å². The second kappa shape index (κ2) is 8.04. The summed E-state index contributed by atoms with van der Waals surface area (Å²) in [6.45, 7) is 5.85. The molecule has 0 aliphatic heterocycles.